The lowest BCUT2D eigenvalue weighted by atomic mass is 10.4. The monoisotopic (exact) mass is 247 g/mol. The van der Waals surface area contributed by atoms with E-state index in [4.69, 9.17) is 5.73 Å². The summed E-state index contributed by atoms with van der Waals surface area (Å²) in [5.74, 6) is 2.08. The quantitative estimate of drug-likeness (QED) is 0.825. The number of nitrogens with zero attached hydrogens (tertiary/aromatic N) is 2. The molecule has 1 heterocycles. The first-order valence-corrected chi connectivity index (χ1v) is 6.68. The number of hydrogen-bond acceptors (Lipinski definition) is 3. The van der Waals surface area contributed by atoms with Crippen molar-refractivity contribution >= 4 is 11.8 Å². The maximum atomic E-state index is 5.68. The molecule has 0 radical (unpaired) electrons. The highest BCUT2D eigenvalue weighted by atomic mass is 32.2. The first-order chi connectivity index (χ1) is 8.31. The average molecular weight is 247 g/mol. The van der Waals surface area contributed by atoms with E-state index >= 15 is 0 Å². The van der Waals surface area contributed by atoms with Crippen LogP contribution in [-0.4, -0.2) is 15.3 Å². The second kappa shape index (κ2) is 5.89. The maximum absolute atomic E-state index is 5.68. The van der Waals surface area contributed by atoms with Crippen molar-refractivity contribution in [1.82, 2.24) is 9.55 Å². The SMILES string of the molecule is Cc1ncc(CN)n1CCSc1ccccc1. The van der Waals surface area contributed by atoms with Crippen LogP contribution in [0.2, 0.25) is 0 Å². The van der Waals surface area contributed by atoms with Gasteiger partial charge in [0.05, 0.1) is 5.69 Å². The van der Waals surface area contributed by atoms with Gasteiger partial charge in [0.15, 0.2) is 0 Å². The molecule has 2 rings (SSSR count). The highest BCUT2D eigenvalue weighted by Gasteiger charge is 2.04. The Kier molecular flexibility index (Phi) is 4.23. The number of aromatic nitrogens is 2. The molecule has 0 saturated heterocycles. The molecule has 0 fully saturated rings. The van der Waals surface area contributed by atoms with Crippen LogP contribution >= 0.6 is 11.8 Å². The van der Waals surface area contributed by atoms with Gasteiger partial charge in [0.1, 0.15) is 5.82 Å². The fourth-order valence-corrected chi connectivity index (χ4v) is 2.61. The van der Waals surface area contributed by atoms with Gasteiger partial charge < -0.3 is 10.3 Å². The molecule has 0 atom stereocenters. The summed E-state index contributed by atoms with van der Waals surface area (Å²) in [7, 11) is 0. The van der Waals surface area contributed by atoms with E-state index in [0.29, 0.717) is 6.54 Å². The molecular formula is C13H17N3S. The number of benzene rings is 1. The normalized spacial score (nSPS) is 10.7. The van der Waals surface area contributed by atoms with Crippen LogP contribution in [0.5, 0.6) is 0 Å². The van der Waals surface area contributed by atoms with Crippen molar-refractivity contribution in [3.05, 3.63) is 48.0 Å². The lowest BCUT2D eigenvalue weighted by Gasteiger charge is -2.08. The highest BCUT2D eigenvalue weighted by molar-refractivity contribution is 7.99. The van der Waals surface area contributed by atoms with Gasteiger partial charge in [-0.15, -0.1) is 11.8 Å². The van der Waals surface area contributed by atoms with Crippen LogP contribution in [0.15, 0.2) is 41.4 Å². The number of hydrogen-bond donors (Lipinski definition) is 1. The van der Waals surface area contributed by atoms with Crippen molar-refractivity contribution in [2.45, 2.75) is 24.9 Å². The molecule has 0 unspecified atom stereocenters. The summed E-state index contributed by atoms with van der Waals surface area (Å²) >= 11 is 1.86. The minimum Gasteiger partial charge on any atom is -0.330 e. The van der Waals surface area contributed by atoms with Gasteiger partial charge in [-0.2, -0.15) is 0 Å². The minimum absolute atomic E-state index is 0.552. The molecule has 2 aromatic rings. The van der Waals surface area contributed by atoms with Crippen LogP contribution in [0.1, 0.15) is 11.5 Å². The standard InChI is InChI=1S/C13H17N3S/c1-11-15-10-12(9-14)16(11)7-8-17-13-5-3-2-4-6-13/h2-6,10H,7-9,14H2,1H3. The molecule has 0 aliphatic heterocycles. The number of imidazole rings is 1. The fraction of sp³-hybridized carbons (Fsp3) is 0.308. The third-order valence-corrected chi connectivity index (χ3v) is 3.67. The summed E-state index contributed by atoms with van der Waals surface area (Å²) < 4.78 is 2.19. The smallest absolute Gasteiger partial charge is 0.105 e. The molecule has 0 aliphatic rings. The fourth-order valence-electron chi connectivity index (χ4n) is 1.75. The first kappa shape index (κ1) is 12.2. The van der Waals surface area contributed by atoms with E-state index in [1.807, 2.05) is 30.9 Å². The van der Waals surface area contributed by atoms with Crippen LogP contribution in [0.4, 0.5) is 0 Å². The van der Waals surface area contributed by atoms with E-state index in [9.17, 15) is 0 Å². The summed E-state index contributed by atoms with van der Waals surface area (Å²) in [6, 6.07) is 10.4. The Morgan fingerprint density at radius 3 is 2.76 bits per heavy atom. The van der Waals surface area contributed by atoms with E-state index in [-0.39, 0.29) is 0 Å². The van der Waals surface area contributed by atoms with Crippen molar-refractivity contribution < 1.29 is 0 Å². The van der Waals surface area contributed by atoms with Gasteiger partial charge in [0, 0.05) is 29.9 Å². The van der Waals surface area contributed by atoms with Gasteiger partial charge in [-0.05, 0) is 19.1 Å². The Morgan fingerprint density at radius 2 is 2.06 bits per heavy atom. The molecule has 1 aromatic carbocycles. The van der Waals surface area contributed by atoms with Crippen molar-refractivity contribution in [3.8, 4) is 0 Å². The number of thioether (sulfide) groups is 1. The van der Waals surface area contributed by atoms with Crippen molar-refractivity contribution in [2.24, 2.45) is 5.73 Å². The third-order valence-electron chi connectivity index (χ3n) is 2.67. The van der Waals surface area contributed by atoms with E-state index in [1.165, 1.54) is 4.90 Å². The largest absolute Gasteiger partial charge is 0.330 e. The number of aryl methyl sites for hydroxylation is 1. The van der Waals surface area contributed by atoms with Gasteiger partial charge in [-0.1, -0.05) is 18.2 Å². The molecule has 90 valence electrons. The van der Waals surface area contributed by atoms with Crippen LogP contribution in [-0.2, 0) is 13.1 Å². The molecule has 0 saturated carbocycles. The molecule has 0 bridgehead atoms. The van der Waals surface area contributed by atoms with Crippen molar-refractivity contribution in [3.63, 3.8) is 0 Å². The maximum Gasteiger partial charge on any atom is 0.105 e. The van der Waals surface area contributed by atoms with Crippen molar-refractivity contribution in [1.29, 1.82) is 0 Å². The van der Waals surface area contributed by atoms with Gasteiger partial charge in [-0.3, -0.25) is 0 Å². The Hall–Kier alpha value is -1.26. The van der Waals surface area contributed by atoms with E-state index in [0.717, 1.165) is 23.8 Å². The van der Waals surface area contributed by atoms with E-state index < -0.39 is 0 Å². The predicted molar refractivity (Wildman–Crippen MR) is 72.0 cm³/mol. The van der Waals surface area contributed by atoms with Crippen LogP contribution in [0.25, 0.3) is 0 Å². The zero-order valence-corrected chi connectivity index (χ0v) is 10.8. The summed E-state index contributed by atoms with van der Waals surface area (Å²) in [5, 5.41) is 0. The summed E-state index contributed by atoms with van der Waals surface area (Å²) in [6.07, 6.45) is 1.86. The highest BCUT2D eigenvalue weighted by Crippen LogP contribution is 2.17. The Labute approximate surface area is 106 Å². The Bertz CT molecular complexity index is 465. The molecule has 0 spiro atoms. The van der Waals surface area contributed by atoms with Gasteiger partial charge in [0.25, 0.3) is 0 Å². The summed E-state index contributed by atoms with van der Waals surface area (Å²) in [4.78, 5) is 5.59. The number of nitrogens with two attached hydrogens (primary N) is 1. The first-order valence-electron chi connectivity index (χ1n) is 5.70. The van der Waals surface area contributed by atoms with Gasteiger partial charge in [0.2, 0.25) is 0 Å². The van der Waals surface area contributed by atoms with E-state index in [1.54, 1.807) is 0 Å². The predicted octanol–water partition coefficient (Wildman–Crippen LogP) is 2.44. The molecule has 3 nitrogen and oxygen atoms in total. The summed E-state index contributed by atoms with van der Waals surface area (Å²) in [6.45, 7) is 3.53. The number of rotatable bonds is 5. The second-order valence-corrected chi connectivity index (χ2v) is 4.98. The van der Waals surface area contributed by atoms with Gasteiger partial charge >= 0.3 is 0 Å². The van der Waals surface area contributed by atoms with Crippen molar-refractivity contribution in [2.75, 3.05) is 5.75 Å². The minimum atomic E-state index is 0.552. The zero-order valence-electron chi connectivity index (χ0n) is 9.97. The Morgan fingerprint density at radius 1 is 1.29 bits per heavy atom. The lowest BCUT2D eigenvalue weighted by molar-refractivity contribution is 0.694. The topological polar surface area (TPSA) is 43.8 Å². The van der Waals surface area contributed by atoms with Gasteiger partial charge in [-0.25, -0.2) is 4.98 Å². The molecule has 2 N–H and O–H groups in total. The lowest BCUT2D eigenvalue weighted by Crippen LogP contribution is -2.10. The molecular weight excluding hydrogens is 230 g/mol. The Balaban J connectivity index is 1.92. The van der Waals surface area contributed by atoms with Crippen LogP contribution in [0, 0.1) is 6.92 Å². The van der Waals surface area contributed by atoms with Crippen LogP contribution < -0.4 is 5.73 Å². The second-order valence-electron chi connectivity index (χ2n) is 3.81. The molecule has 0 aliphatic carbocycles. The molecule has 0 amide bonds. The third kappa shape index (κ3) is 3.11. The van der Waals surface area contributed by atoms with Crippen LogP contribution in [0.3, 0.4) is 0 Å². The zero-order chi connectivity index (χ0) is 12.1. The summed E-state index contributed by atoms with van der Waals surface area (Å²) in [5.41, 5.74) is 6.79. The molecule has 4 heteroatoms. The average Bonchev–Trinajstić information content (AvgIpc) is 2.72. The molecule has 17 heavy (non-hydrogen) atoms. The molecule has 1 aromatic heterocycles. The van der Waals surface area contributed by atoms with E-state index in [2.05, 4.69) is 33.8 Å².